The van der Waals surface area contributed by atoms with Crippen LogP contribution in [0.3, 0.4) is 0 Å². The molecule has 2 amide bonds. The van der Waals surface area contributed by atoms with E-state index in [1.165, 1.54) is 22.9 Å². The van der Waals surface area contributed by atoms with Crippen LogP contribution < -0.4 is 5.32 Å². The Morgan fingerprint density at radius 2 is 1.96 bits per heavy atom. The average Bonchev–Trinajstić information content (AvgIpc) is 2.54. The molecule has 2 rings (SSSR count). The highest BCUT2D eigenvalue weighted by atomic mass is 35.5. The van der Waals surface area contributed by atoms with Crippen molar-refractivity contribution in [3.05, 3.63) is 52.7 Å². The van der Waals surface area contributed by atoms with Gasteiger partial charge in [0, 0.05) is 26.0 Å². The van der Waals surface area contributed by atoms with Crippen molar-refractivity contribution >= 4 is 40.9 Å². The summed E-state index contributed by atoms with van der Waals surface area (Å²) in [6, 6.07) is 8.28. The standard InChI is InChI=1S/C16H16ClN3O2S/c1-20(2)16(22)12-6-5-11(8-13(12)17)19-15(21)10-4-7-14(23-3)18-9-10/h4-9H,1-3H3,(H,19,21). The summed E-state index contributed by atoms with van der Waals surface area (Å²) < 4.78 is 0. The van der Waals surface area contributed by atoms with Gasteiger partial charge in [-0.05, 0) is 36.6 Å². The van der Waals surface area contributed by atoms with Crippen molar-refractivity contribution in [1.29, 1.82) is 0 Å². The van der Waals surface area contributed by atoms with Crippen LogP contribution in [0.25, 0.3) is 0 Å². The maximum absolute atomic E-state index is 12.2. The number of aromatic nitrogens is 1. The minimum Gasteiger partial charge on any atom is -0.345 e. The number of nitrogens with one attached hydrogen (secondary N) is 1. The van der Waals surface area contributed by atoms with Gasteiger partial charge in [0.25, 0.3) is 11.8 Å². The second kappa shape index (κ2) is 7.48. The fourth-order valence-electron chi connectivity index (χ4n) is 1.85. The molecule has 1 heterocycles. The molecule has 23 heavy (non-hydrogen) atoms. The number of anilines is 1. The summed E-state index contributed by atoms with van der Waals surface area (Å²) >= 11 is 7.63. The van der Waals surface area contributed by atoms with E-state index in [0.29, 0.717) is 16.8 Å². The smallest absolute Gasteiger partial charge is 0.257 e. The summed E-state index contributed by atoms with van der Waals surface area (Å²) in [6.45, 7) is 0. The topological polar surface area (TPSA) is 62.3 Å². The lowest BCUT2D eigenvalue weighted by atomic mass is 10.1. The van der Waals surface area contributed by atoms with Gasteiger partial charge in [0.05, 0.1) is 21.2 Å². The Morgan fingerprint density at radius 3 is 2.48 bits per heavy atom. The van der Waals surface area contributed by atoms with E-state index in [-0.39, 0.29) is 16.8 Å². The molecule has 0 saturated heterocycles. The average molecular weight is 350 g/mol. The van der Waals surface area contributed by atoms with Crippen molar-refractivity contribution in [2.75, 3.05) is 25.7 Å². The Balaban J connectivity index is 2.15. The van der Waals surface area contributed by atoms with Crippen molar-refractivity contribution < 1.29 is 9.59 Å². The molecule has 1 aromatic carbocycles. The first kappa shape index (κ1) is 17.3. The molecule has 0 aliphatic rings. The Bertz CT molecular complexity index is 733. The molecule has 0 radical (unpaired) electrons. The Labute approximate surface area is 144 Å². The van der Waals surface area contributed by atoms with Gasteiger partial charge in [-0.2, -0.15) is 0 Å². The van der Waals surface area contributed by atoms with E-state index in [1.54, 1.807) is 44.4 Å². The first-order valence-corrected chi connectivity index (χ1v) is 8.35. The first-order valence-electron chi connectivity index (χ1n) is 6.75. The van der Waals surface area contributed by atoms with Crippen molar-refractivity contribution in [2.45, 2.75) is 5.03 Å². The summed E-state index contributed by atoms with van der Waals surface area (Å²) in [5, 5.41) is 3.87. The van der Waals surface area contributed by atoms with Gasteiger partial charge < -0.3 is 10.2 Å². The number of thioether (sulfide) groups is 1. The number of nitrogens with zero attached hydrogens (tertiary/aromatic N) is 2. The minimum atomic E-state index is -0.284. The highest BCUT2D eigenvalue weighted by Crippen LogP contribution is 2.22. The molecule has 5 nitrogen and oxygen atoms in total. The molecule has 0 spiro atoms. The molecule has 0 aliphatic heterocycles. The van der Waals surface area contributed by atoms with Crippen LogP contribution in [0.15, 0.2) is 41.6 Å². The summed E-state index contributed by atoms with van der Waals surface area (Å²) in [6.07, 6.45) is 3.44. The lowest BCUT2D eigenvalue weighted by Crippen LogP contribution is -2.22. The highest BCUT2D eigenvalue weighted by Gasteiger charge is 2.14. The van der Waals surface area contributed by atoms with Gasteiger partial charge >= 0.3 is 0 Å². The third-order valence-corrected chi connectivity index (χ3v) is 4.04. The predicted octanol–water partition coefficient (Wildman–Crippen LogP) is 3.41. The van der Waals surface area contributed by atoms with Crippen LogP contribution in [0.1, 0.15) is 20.7 Å². The predicted molar refractivity (Wildman–Crippen MR) is 93.4 cm³/mol. The van der Waals surface area contributed by atoms with Gasteiger partial charge in [-0.25, -0.2) is 4.98 Å². The number of amides is 2. The minimum absolute atomic E-state index is 0.190. The normalized spacial score (nSPS) is 10.3. The molecule has 0 unspecified atom stereocenters. The molecule has 0 fully saturated rings. The Kier molecular flexibility index (Phi) is 5.63. The number of halogens is 1. The lowest BCUT2D eigenvalue weighted by molar-refractivity contribution is 0.0827. The van der Waals surface area contributed by atoms with E-state index >= 15 is 0 Å². The molecule has 7 heteroatoms. The zero-order valence-electron chi connectivity index (χ0n) is 13.0. The number of carbonyl (C=O) groups excluding carboxylic acids is 2. The molecule has 1 N–H and O–H groups in total. The van der Waals surface area contributed by atoms with E-state index in [2.05, 4.69) is 10.3 Å². The highest BCUT2D eigenvalue weighted by molar-refractivity contribution is 7.98. The molecule has 0 bridgehead atoms. The quantitative estimate of drug-likeness (QED) is 0.859. The van der Waals surface area contributed by atoms with E-state index < -0.39 is 0 Å². The molecule has 0 atom stereocenters. The van der Waals surface area contributed by atoms with E-state index in [4.69, 9.17) is 11.6 Å². The van der Waals surface area contributed by atoms with Gasteiger partial charge in [0.1, 0.15) is 0 Å². The Hall–Kier alpha value is -2.05. The van der Waals surface area contributed by atoms with Crippen molar-refractivity contribution in [3.63, 3.8) is 0 Å². The van der Waals surface area contributed by atoms with Crippen LogP contribution >= 0.6 is 23.4 Å². The molecule has 0 saturated carbocycles. The second-order valence-corrected chi connectivity index (χ2v) is 6.17. The maximum Gasteiger partial charge on any atom is 0.257 e. The van der Waals surface area contributed by atoms with Crippen LogP contribution in [-0.4, -0.2) is 42.0 Å². The lowest BCUT2D eigenvalue weighted by Gasteiger charge is -2.12. The SMILES string of the molecule is CSc1ccc(C(=O)Nc2ccc(C(=O)N(C)C)c(Cl)c2)cn1. The fraction of sp³-hybridized carbons (Fsp3) is 0.188. The Morgan fingerprint density at radius 1 is 1.22 bits per heavy atom. The van der Waals surface area contributed by atoms with Crippen molar-refractivity contribution in [1.82, 2.24) is 9.88 Å². The van der Waals surface area contributed by atoms with Crippen LogP contribution in [-0.2, 0) is 0 Å². The van der Waals surface area contributed by atoms with Crippen LogP contribution in [0, 0.1) is 0 Å². The molecule has 1 aromatic heterocycles. The number of hydrogen-bond acceptors (Lipinski definition) is 4. The summed E-state index contributed by atoms with van der Waals surface area (Å²) in [5.74, 6) is -0.474. The molecule has 120 valence electrons. The zero-order valence-corrected chi connectivity index (χ0v) is 14.5. The third kappa shape index (κ3) is 4.24. The first-order chi connectivity index (χ1) is 10.9. The number of hydrogen-bond donors (Lipinski definition) is 1. The number of pyridine rings is 1. The molecule has 0 aliphatic carbocycles. The van der Waals surface area contributed by atoms with Gasteiger partial charge in [-0.15, -0.1) is 11.8 Å². The number of rotatable bonds is 4. The van der Waals surface area contributed by atoms with Gasteiger partial charge in [-0.1, -0.05) is 11.6 Å². The fourth-order valence-corrected chi connectivity index (χ4v) is 2.47. The second-order valence-electron chi connectivity index (χ2n) is 4.94. The van der Waals surface area contributed by atoms with E-state index in [1.807, 2.05) is 6.26 Å². The summed E-state index contributed by atoms with van der Waals surface area (Å²) in [5.41, 5.74) is 1.36. The molecular formula is C16H16ClN3O2S. The monoisotopic (exact) mass is 349 g/mol. The van der Waals surface area contributed by atoms with Crippen molar-refractivity contribution in [2.24, 2.45) is 0 Å². The van der Waals surface area contributed by atoms with Crippen LogP contribution in [0.4, 0.5) is 5.69 Å². The third-order valence-electron chi connectivity index (χ3n) is 3.07. The van der Waals surface area contributed by atoms with E-state index in [9.17, 15) is 9.59 Å². The van der Waals surface area contributed by atoms with Gasteiger partial charge in [0.15, 0.2) is 0 Å². The number of carbonyl (C=O) groups is 2. The summed E-state index contributed by atoms with van der Waals surface area (Å²) in [7, 11) is 3.30. The maximum atomic E-state index is 12.2. The largest absolute Gasteiger partial charge is 0.345 e. The van der Waals surface area contributed by atoms with Crippen LogP contribution in [0.2, 0.25) is 5.02 Å². The number of benzene rings is 1. The molecule has 2 aromatic rings. The van der Waals surface area contributed by atoms with Crippen LogP contribution in [0.5, 0.6) is 0 Å². The van der Waals surface area contributed by atoms with E-state index in [0.717, 1.165) is 5.03 Å². The summed E-state index contributed by atoms with van der Waals surface area (Å²) in [4.78, 5) is 29.7. The van der Waals surface area contributed by atoms with Gasteiger partial charge in [-0.3, -0.25) is 9.59 Å². The van der Waals surface area contributed by atoms with Crippen molar-refractivity contribution in [3.8, 4) is 0 Å². The zero-order chi connectivity index (χ0) is 17.0. The van der Waals surface area contributed by atoms with Gasteiger partial charge in [0.2, 0.25) is 0 Å². The molecular weight excluding hydrogens is 334 g/mol.